The van der Waals surface area contributed by atoms with Crippen LogP contribution in [0.3, 0.4) is 0 Å². The molecule has 6 nitrogen and oxygen atoms in total. The maximum atomic E-state index is 12.4. The van der Waals surface area contributed by atoms with E-state index in [1.54, 1.807) is 0 Å². The van der Waals surface area contributed by atoms with Crippen LogP contribution in [0, 0.1) is 0 Å². The fourth-order valence-electron chi connectivity index (χ4n) is 4.55. The Balaban J connectivity index is 1.86. The molecule has 1 aliphatic heterocycles. The molecule has 1 unspecified atom stereocenters. The minimum atomic E-state index is -3.86. The van der Waals surface area contributed by atoms with E-state index in [4.69, 9.17) is 13.6 Å². The van der Waals surface area contributed by atoms with Gasteiger partial charge in [-0.25, -0.2) is 0 Å². The van der Waals surface area contributed by atoms with Crippen LogP contribution < -0.4 is 9.61 Å². The van der Waals surface area contributed by atoms with Crippen molar-refractivity contribution in [2.45, 2.75) is 63.7 Å². The summed E-state index contributed by atoms with van der Waals surface area (Å²) in [4.78, 5) is 17.3. The maximum Gasteiger partial charge on any atom is 0.306 e. The van der Waals surface area contributed by atoms with Gasteiger partial charge in [-0.15, -0.1) is 0 Å². The third kappa shape index (κ3) is 3.71. The molecule has 0 spiro atoms. The fourth-order valence-corrected chi connectivity index (χ4v) is 5.03. The lowest BCUT2D eigenvalue weighted by molar-refractivity contribution is 0.380. The van der Waals surface area contributed by atoms with Gasteiger partial charge in [0.25, 0.3) is 0 Å². The van der Waals surface area contributed by atoms with E-state index < -0.39 is 21.0 Å². The van der Waals surface area contributed by atoms with Crippen molar-refractivity contribution >= 4 is 21.5 Å². The van der Waals surface area contributed by atoms with Gasteiger partial charge in [0.15, 0.2) is 5.76 Å². The zero-order chi connectivity index (χ0) is 21.7. The average Bonchev–Trinajstić information content (AvgIpc) is 2.96. The number of fused-ring (bicyclic) bond motifs is 3. The van der Waals surface area contributed by atoms with Gasteiger partial charge < -0.3 is 8.60 Å². The molecular weight excluding hydrogens is 402 g/mol. The summed E-state index contributed by atoms with van der Waals surface area (Å²) in [7, 11) is -3.86. The van der Waals surface area contributed by atoms with Crippen LogP contribution in [0.5, 0.6) is 5.75 Å². The first kappa shape index (κ1) is 20.8. The lowest BCUT2D eigenvalue weighted by Crippen LogP contribution is -2.39. The van der Waals surface area contributed by atoms with Crippen molar-refractivity contribution < 1.29 is 17.0 Å². The van der Waals surface area contributed by atoms with Crippen LogP contribution in [0.25, 0.3) is 0 Å². The summed E-state index contributed by atoms with van der Waals surface area (Å²) in [6.07, 6.45) is 6.39. The van der Waals surface area contributed by atoms with E-state index in [1.807, 2.05) is 0 Å². The Hall–Kier alpha value is -2.41. The molecule has 30 heavy (non-hydrogen) atoms. The smallest absolute Gasteiger partial charge is 0.306 e. The lowest BCUT2D eigenvalue weighted by Gasteiger charge is -2.36. The molecule has 1 fully saturated rings. The number of hydrogen-bond donors (Lipinski definition) is 0. The van der Waals surface area contributed by atoms with Crippen molar-refractivity contribution in [2.75, 3.05) is 6.26 Å². The summed E-state index contributed by atoms with van der Waals surface area (Å²) in [5.41, 5.74) is 3.43. The van der Waals surface area contributed by atoms with Crippen molar-refractivity contribution in [3.63, 3.8) is 0 Å². The van der Waals surface area contributed by atoms with Gasteiger partial charge in [-0.3, -0.25) is 9.79 Å². The molecule has 160 valence electrons. The van der Waals surface area contributed by atoms with E-state index in [9.17, 15) is 13.2 Å². The molecule has 2 aromatic rings. The van der Waals surface area contributed by atoms with Gasteiger partial charge in [-0.1, -0.05) is 39.3 Å². The predicted molar refractivity (Wildman–Crippen MR) is 117 cm³/mol. The van der Waals surface area contributed by atoms with E-state index in [0.717, 1.165) is 48.9 Å². The van der Waals surface area contributed by atoms with Crippen LogP contribution in [0.4, 0.5) is 5.69 Å². The van der Waals surface area contributed by atoms with E-state index in [1.165, 1.54) is 17.9 Å². The van der Waals surface area contributed by atoms with Crippen molar-refractivity contribution in [2.24, 2.45) is 4.99 Å². The molecule has 4 rings (SSSR count). The van der Waals surface area contributed by atoms with E-state index in [2.05, 4.69) is 39.0 Å². The highest BCUT2D eigenvalue weighted by atomic mass is 32.2. The fraction of sp³-hybridized carbons (Fsp3) is 0.478. The first-order chi connectivity index (χ1) is 14.0. The number of hydrogen-bond acceptors (Lipinski definition) is 6. The molecule has 0 N–H and O–H groups in total. The molecule has 1 atom stereocenters. The van der Waals surface area contributed by atoms with Crippen molar-refractivity contribution in [3.8, 4) is 5.75 Å². The monoisotopic (exact) mass is 429 g/mol. The van der Waals surface area contributed by atoms with Crippen LogP contribution in [-0.4, -0.2) is 20.4 Å². The van der Waals surface area contributed by atoms with Gasteiger partial charge >= 0.3 is 10.1 Å². The van der Waals surface area contributed by atoms with Crippen LogP contribution in [0.1, 0.15) is 63.3 Å². The molecule has 1 aromatic heterocycles. The third-order valence-electron chi connectivity index (χ3n) is 6.06. The standard InChI is InChI=1S/C23H27NO5S/c1-22(2,3)15-8-9-17-16(13-15)23(11-6-5-7-20(23)24-17)14-19-21(29-30(4,26)27)18(25)10-12-28-19/h8-10,12-13H,5-7,11,14H2,1-4H3. The minimum absolute atomic E-state index is 0.0164. The summed E-state index contributed by atoms with van der Waals surface area (Å²) >= 11 is 0. The van der Waals surface area contributed by atoms with Crippen molar-refractivity contribution in [1.82, 2.24) is 0 Å². The lowest BCUT2D eigenvalue weighted by atomic mass is 9.66. The highest BCUT2D eigenvalue weighted by Gasteiger charge is 2.46. The Kier molecular flexibility index (Phi) is 4.92. The van der Waals surface area contributed by atoms with Gasteiger partial charge in [0.1, 0.15) is 0 Å². The zero-order valence-corrected chi connectivity index (χ0v) is 18.6. The Morgan fingerprint density at radius 1 is 1.20 bits per heavy atom. The largest absolute Gasteiger partial charge is 0.465 e. The van der Waals surface area contributed by atoms with Crippen LogP contribution >= 0.6 is 0 Å². The summed E-state index contributed by atoms with van der Waals surface area (Å²) < 4.78 is 34.2. The number of aliphatic imine (C=N–C) groups is 1. The molecule has 1 aromatic carbocycles. The second-order valence-electron chi connectivity index (χ2n) is 9.33. The van der Waals surface area contributed by atoms with Crippen LogP contribution in [0.15, 0.2) is 44.7 Å². The molecular formula is C23H27NO5S. The Morgan fingerprint density at radius 3 is 2.67 bits per heavy atom. The highest BCUT2D eigenvalue weighted by Crippen LogP contribution is 2.50. The summed E-state index contributed by atoms with van der Waals surface area (Å²) in [5.74, 6) is -0.00346. The number of rotatable bonds is 4. The quantitative estimate of drug-likeness (QED) is 0.672. The molecule has 0 saturated heterocycles. The molecule has 1 saturated carbocycles. The Bertz CT molecular complexity index is 1190. The first-order valence-electron chi connectivity index (χ1n) is 10.2. The van der Waals surface area contributed by atoms with Crippen LogP contribution in [0.2, 0.25) is 0 Å². The summed E-state index contributed by atoms with van der Waals surface area (Å²) in [5, 5.41) is 0. The first-order valence-corrected chi connectivity index (χ1v) is 12.0. The van der Waals surface area contributed by atoms with Crippen molar-refractivity contribution in [3.05, 3.63) is 57.6 Å². The summed E-state index contributed by atoms with van der Waals surface area (Å²) in [6, 6.07) is 7.58. The van der Waals surface area contributed by atoms with Crippen LogP contribution in [-0.2, 0) is 27.4 Å². The van der Waals surface area contributed by atoms with Gasteiger partial charge in [0.05, 0.1) is 18.2 Å². The maximum absolute atomic E-state index is 12.4. The van der Waals surface area contributed by atoms with Crippen molar-refractivity contribution in [1.29, 1.82) is 0 Å². The summed E-state index contributed by atoms with van der Waals surface area (Å²) in [6.45, 7) is 6.52. The highest BCUT2D eigenvalue weighted by molar-refractivity contribution is 7.86. The molecule has 2 aliphatic rings. The number of nitrogens with zero attached hydrogens (tertiary/aromatic N) is 1. The molecule has 0 bridgehead atoms. The van der Waals surface area contributed by atoms with E-state index in [0.29, 0.717) is 6.42 Å². The zero-order valence-electron chi connectivity index (χ0n) is 17.8. The normalized spacial score (nSPS) is 21.0. The third-order valence-corrected chi connectivity index (χ3v) is 6.53. The molecule has 0 radical (unpaired) electrons. The van der Waals surface area contributed by atoms with Gasteiger partial charge in [-0.05, 0) is 41.9 Å². The Morgan fingerprint density at radius 2 is 1.97 bits per heavy atom. The Labute approximate surface area is 177 Å². The average molecular weight is 430 g/mol. The second-order valence-corrected chi connectivity index (χ2v) is 10.9. The van der Waals surface area contributed by atoms with E-state index in [-0.39, 0.29) is 16.9 Å². The SMILES string of the molecule is CC(C)(C)c1ccc2c(c1)C1(Cc3occc(=O)c3OS(C)(=O)=O)CCCCC1=N2. The van der Waals surface area contributed by atoms with Gasteiger partial charge in [0, 0.05) is 23.6 Å². The predicted octanol–water partition coefficient (Wildman–Crippen LogP) is 4.42. The van der Waals surface area contributed by atoms with Gasteiger partial charge in [-0.2, -0.15) is 8.42 Å². The molecule has 2 heterocycles. The van der Waals surface area contributed by atoms with E-state index >= 15 is 0 Å². The minimum Gasteiger partial charge on any atom is -0.465 e. The number of benzene rings is 1. The molecule has 7 heteroatoms. The molecule has 1 aliphatic carbocycles. The van der Waals surface area contributed by atoms with Gasteiger partial charge in [0.2, 0.25) is 11.2 Å². The topological polar surface area (TPSA) is 85.9 Å². The second kappa shape index (κ2) is 7.08. The molecule has 0 amide bonds.